The van der Waals surface area contributed by atoms with E-state index in [4.69, 9.17) is 19.0 Å². The molecule has 0 aromatic rings. The third-order valence-electron chi connectivity index (χ3n) is 1.47. The zero-order valence-corrected chi connectivity index (χ0v) is 11.8. The Hall–Kier alpha value is 0.0569. The maximum absolute atomic E-state index is 5.22. The summed E-state index contributed by atoms with van der Waals surface area (Å²) in [4.78, 5) is 0. The molecule has 0 amide bonds. The predicted molar refractivity (Wildman–Crippen MR) is 72.7 cm³/mol. The molecule has 0 rings (SSSR count). The van der Waals surface area contributed by atoms with Gasteiger partial charge in [-0.15, -0.1) is 0 Å². The molecule has 102 valence electrons. The van der Waals surface area contributed by atoms with Gasteiger partial charge in [0, 0.05) is 19.8 Å². The normalized spacial score (nSPS) is 9.38. The van der Waals surface area contributed by atoms with Crippen LogP contribution in [0.3, 0.4) is 0 Å². The third-order valence-corrected chi connectivity index (χ3v) is 3.28. The lowest BCUT2D eigenvalue weighted by Gasteiger charge is -2.12. The summed E-state index contributed by atoms with van der Waals surface area (Å²) in [6, 6.07) is 0. The Kier molecular flexibility index (Phi) is 27.3. The average Bonchev–Trinajstić information content (AvgIpc) is 2.21. The molecule has 0 heterocycles. The van der Waals surface area contributed by atoms with Crippen LogP contribution >= 0.6 is 0 Å². The molecule has 0 unspecified atom stereocenters. The largest absolute Gasteiger partial charge is 0.484 e. The van der Waals surface area contributed by atoms with Crippen LogP contribution < -0.4 is 5.73 Å². The van der Waals surface area contributed by atoms with Gasteiger partial charge in [-0.3, -0.25) is 0 Å². The van der Waals surface area contributed by atoms with Gasteiger partial charge in [0.2, 0.25) is 0 Å². The van der Waals surface area contributed by atoms with Crippen LogP contribution in [-0.4, -0.2) is 35.9 Å². The fraction of sp³-hybridized carbons (Fsp3) is 1.00. The fourth-order valence-corrected chi connectivity index (χ4v) is 1.86. The Labute approximate surface area is 103 Å². The van der Waals surface area contributed by atoms with Crippen LogP contribution in [0, 0.1) is 0 Å². The van der Waals surface area contributed by atoms with E-state index >= 15 is 0 Å². The molecule has 4 nitrogen and oxygen atoms in total. The van der Waals surface area contributed by atoms with E-state index in [0.717, 1.165) is 6.54 Å². The SMILES string of the molecule is C.CCCCN.CCO[SiH](OCC)OCC. The molecule has 0 aromatic heterocycles. The van der Waals surface area contributed by atoms with Crippen LogP contribution in [0.5, 0.6) is 0 Å². The number of hydrogen-bond acceptors (Lipinski definition) is 4. The highest BCUT2D eigenvalue weighted by atomic mass is 28.3. The van der Waals surface area contributed by atoms with Crippen molar-refractivity contribution >= 4 is 9.53 Å². The topological polar surface area (TPSA) is 53.7 Å². The van der Waals surface area contributed by atoms with E-state index < -0.39 is 9.53 Å². The minimum Gasteiger partial charge on any atom is -0.376 e. The lowest BCUT2D eigenvalue weighted by molar-refractivity contribution is 0.107. The summed E-state index contributed by atoms with van der Waals surface area (Å²) in [5, 5.41) is 0. The number of rotatable bonds is 8. The monoisotopic (exact) mass is 253 g/mol. The van der Waals surface area contributed by atoms with Crippen molar-refractivity contribution in [2.24, 2.45) is 5.73 Å². The van der Waals surface area contributed by atoms with Crippen LogP contribution in [-0.2, 0) is 13.3 Å². The summed E-state index contributed by atoms with van der Waals surface area (Å²) >= 11 is 0. The van der Waals surface area contributed by atoms with Gasteiger partial charge in [0.05, 0.1) is 0 Å². The van der Waals surface area contributed by atoms with Crippen molar-refractivity contribution in [1.29, 1.82) is 0 Å². The maximum Gasteiger partial charge on any atom is 0.484 e. The Morgan fingerprint density at radius 1 is 0.875 bits per heavy atom. The highest BCUT2D eigenvalue weighted by Crippen LogP contribution is 1.91. The molecule has 0 aliphatic rings. The molecule has 0 saturated heterocycles. The first kappa shape index (κ1) is 21.4. The van der Waals surface area contributed by atoms with Crippen LogP contribution in [0.15, 0.2) is 0 Å². The first-order chi connectivity index (χ1) is 7.26. The van der Waals surface area contributed by atoms with Gasteiger partial charge in [0.15, 0.2) is 0 Å². The van der Waals surface area contributed by atoms with Crippen molar-refractivity contribution in [3.05, 3.63) is 0 Å². The van der Waals surface area contributed by atoms with Gasteiger partial charge >= 0.3 is 9.53 Å². The van der Waals surface area contributed by atoms with Gasteiger partial charge in [0.25, 0.3) is 0 Å². The van der Waals surface area contributed by atoms with E-state index in [1.165, 1.54) is 12.8 Å². The molecule has 0 atom stereocenters. The molecule has 0 fully saturated rings. The van der Waals surface area contributed by atoms with Gasteiger partial charge < -0.3 is 19.0 Å². The van der Waals surface area contributed by atoms with Crippen LogP contribution in [0.25, 0.3) is 0 Å². The van der Waals surface area contributed by atoms with Gasteiger partial charge in [-0.25, -0.2) is 0 Å². The highest BCUT2D eigenvalue weighted by Gasteiger charge is 2.11. The van der Waals surface area contributed by atoms with Crippen molar-refractivity contribution in [3.63, 3.8) is 0 Å². The molecular formula is C11H31NO3Si. The second-order valence-electron chi connectivity index (χ2n) is 2.80. The molecule has 2 N–H and O–H groups in total. The van der Waals surface area contributed by atoms with Gasteiger partial charge in [-0.05, 0) is 33.7 Å². The maximum atomic E-state index is 5.22. The van der Waals surface area contributed by atoms with Gasteiger partial charge in [-0.2, -0.15) is 0 Å². The van der Waals surface area contributed by atoms with Crippen molar-refractivity contribution < 1.29 is 13.3 Å². The fourth-order valence-electron chi connectivity index (χ4n) is 0.757. The number of nitrogens with two attached hydrogens (primary N) is 1. The van der Waals surface area contributed by atoms with Crippen LogP contribution in [0.4, 0.5) is 0 Å². The van der Waals surface area contributed by atoms with E-state index in [1.54, 1.807) is 0 Å². The van der Waals surface area contributed by atoms with E-state index in [1.807, 2.05) is 20.8 Å². The van der Waals surface area contributed by atoms with E-state index in [9.17, 15) is 0 Å². The minimum absolute atomic E-state index is 0. The Bertz CT molecular complexity index is 91.0. The van der Waals surface area contributed by atoms with Crippen molar-refractivity contribution in [1.82, 2.24) is 0 Å². The summed E-state index contributed by atoms with van der Waals surface area (Å²) in [5.41, 5.74) is 5.14. The first-order valence-electron chi connectivity index (χ1n) is 5.81. The quantitative estimate of drug-likeness (QED) is 0.674. The lowest BCUT2D eigenvalue weighted by atomic mass is 10.3. The van der Waals surface area contributed by atoms with Gasteiger partial charge in [-0.1, -0.05) is 20.8 Å². The molecule has 0 spiro atoms. The molecular weight excluding hydrogens is 222 g/mol. The second-order valence-corrected chi connectivity index (χ2v) is 4.37. The summed E-state index contributed by atoms with van der Waals surface area (Å²) in [5.74, 6) is 0. The molecule has 5 heteroatoms. The van der Waals surface area contributed by atoms with Gasteiger partial charge in [0.1, 0.15) is 0 Å². The van der Waals surface area contributed by atoms with Crippen molar-refractivity contribution in [2.45, 2.75) is 48.0 Å². The van der Waals surface area contributed by atoms with Crippen LogP contribution in [0.1, 0.15) is 48.0 Å². The summed E-state index contributed by atoms with van der Waals surface area (Å²) < 4.78 is 15.7. The molecule has 0 aliphatic carbocycles. The average molecular weight is 253 g/mol. The van der Waals surface area contributed by atoms with Crippen LogP contribution in [0.2, 0.25) is 0 Å². The Morgan fingerprint density at radius 2 is 1.25 bits per heavy atom. The number of hydrogen-bond donors (Lipinski definition) is 1. The molecule has 16 heavy (non-hydrogen) atoms. The molecule has 0 aromatic carbocycles. The van der Waals surface area contributed by atoms with Crippen molar-refractivity contribution in [2.75, 3.05) is 26.4 Å². The van der Waals surface area contributed by atoms with E-state index in [0.29, 0.717) is 19.8 Å². The molecule has 0 saturated carbocycles. The molecule has 0 aliphatic heterocycles. The Morgan fingerprint density at radius 3 is 1.38 bits per heavy atom. The summed E-state index contributed by atoms with van der Waals surface area (Å²) in [7, 11) is -1.73. The zero-order valence-electron chi connectivity index (χ0n) is 10.6. The summed E-state index contributed by atoms with van der Waals surface area (Å²) in [6.07, 6.45) is 2.39. The number of unbranched alkanes of at least 4 members (excludes halogenated alkanes) is 1. The van der Waals surface area contributed by atoms with E-state index in [2.05, 4.69) is 6.92 Å². The molecule has 0 radical (unpaired) electrons. The zero-order chi connectivity index (χ0) is 11.9. The molecule has 0 bridgehead atoms. The predicted octanol–water partition coefficient (Wildman–Crippen LogP) is 2.19. The standard InChI is InChI=1S/C6H16O3Si.C4H11N.CH4/c1-4-7-10(8-5-2)9-6-3;1-2-3-4-5;/h10H,4-6H2,1-3H3;2-5H2,1H3;1H4. The smallest absolute Gasteiger partial charge is 0.376 e. The van der Waals surface area contributed by atoms with Crippen molar-refractivity contribution in [3.8, 4) is 0 Å². The third kappa shape index (κ3) is 19.6. The summed E-state index contributed by atoms with van der Waals surface area (Å²) in [6.45, 7) is 10.8. The highest BCUT2D eigenvalue weighted by molar-refractivity contribution is 6.36. The lowest BCUT2D eigenvalue weighted by Crippen LogP contribution is -2.27. The second kappa shape index (κ2) is 20.5. The minimum atomic E-state index is -1.73. The Balaban J connectivity index is -0.000000242. The van der Waals surface area contributed by atoms with E-state index in [-0.39, 0.29) is 7.43 Å². The first-order valence-corrected chi connectivity index (χ1v) is 7.22.